The van der Waals surface area contributed by atoms with Crippen LogP contribution in [0.25, 0.3) is 0 Å². The summed E-state index contributed by atoms with van der Waals surface area (Å²) in [5.41, 5.74) is -0.732. The van der Waals surface area contributed by atoms with Crippen LogP contribution >= 0.6 is 0 Å². The third kappa shape index (κ3) is 2.61. The predicted octanol–water partition coefficient (Wildman–Crippen LogP) is 0.927. The molecule has 0 aromatic heterocycles. The predicted molar refractivity (Wildman–Crippen MR) is 71.5 cm³/mol. The van der Waals surface area contributed by atoms with E-state index in [-0.39, 0.29) is 29.8 Å². The Kier molecular flexibility index (Phi) is 3.85. The normalized spacial score (nSPS) is 33.9. The lowest BCUT2D eigenvalue weighted by molar-refractivity contribution is -0.143. The van der Waals surface area contributed by atoms with Gasteiger partial charge in [-0.3, -0.25) is 9.59 Å². The molecule has 0 spiro atoms. The SMILES string of the molecule is COCC(C)N1C(=O)C(C)(C2CC2)NC(=O)CC1C. The number of hydrogen-bond acceptors (Lipinski definition) is 3. The number of nitrogens with zero attached hydrogens (tertiary/aromatic N) is 1. The van der Waals surface area contributed by atoms with Crippen LogP contribution in [-0.2, 0) is 14.3 Å². The van der Waals surface area contributed by atoms with Gasteiger partial charge in [-0.05, 0) is 39.5 Å². The van der Waals surface area contributed by atoms with Crippen molar-refractivity contribution < 1.29 is 14.3 Å². The smallest absolute Gasteiger partial charge is 0.248 e. The highest BCUT2D eigenvalue weighted by molar-refractivity contribution is 5.94. The van der Waals surface area contributed by atoms with E-state index >= 15 is 0 Å². The van der Waals surface area contributed by atoms with Crippen molar-refractivity contribution in [2.45, 2.75) is 57.7 Å². The molecule has 2 amide bonds. The molecule has 2 aliphatic rings. The van der Waals surface area contributed by atoms with Gasteiger partial charge in [0.1, 0.15) is 5.54 Å². The van der Waals surface area contributed by atoms with Gasteiger partial charge >= 0.3 is 0 Å². The minimum absolute atomic E-state index is 0.0155. The molecule has 3 atom stereocenters. The van der Waals surface area contributed by atoms with Crippen LogP contribution in [0.15, 0.2) is 0 Å². The number of rotatable bonds is 4. The largest absolute Gasteiger partial charge is 0.383 e. The maximum absolute atomic E-state index is 12.9. The fourth-order valence-electron chi connectivity index (χ4n) is 3.12. The summed E-state index contributed by atoms with van der Waals surface area (Å²) in [5.74, 6) is 0.298. The molecular formula is C14H24N2O3. The Bertz CT molecular complexity index is 381. The van der Waals surface area contributed by atoms with Crippen molar-refractivity contribution in [2.75, 3.05) is 13.7 Å². The quantitative estimate of drug-likeness (QED) is 0.825. The van der Waals surface area contributed by atoms with E-state index in [9.17, 15) is 9.59 Å². The second kappa shape index (κ2) is 5.12. The molecule has 0 bridgehead atoms. The fraction of sp³-hybridized carbons (Fsp3) is 0.857. The molecule has 0 radical (unpaired) electrons. The first-order chi connectivity index (χ1) is 8.90. The molecule has 0 aromatic rings. The minimum Gasteiger partial charge on any atom is -0.383 e. The van der Waals surface area contributed by atoms with Crippen molar-refractivity contribution in [1.82, 2.24) is 10.2 Å². The average Bonchev–Trinajstić information content (AvgIpc) is 3.11. The molecule has 0 aromatic carbocycles. The van der Waals surface area contributed by atoms with E-state index in [2.05, 4.69) is 5.32 Å². The first kappa shape index (κ1) is 14.3. The zero-order valence-electron chi connectivity index (χ0n) is 12.2. The summed E-state index contributed by atoms with van der Waals surface area (Å²) in [6.45, 7) is 6.27. The van der Waals surface area contributed by atoms with Gasteiger partial charge < -0.3 is 15.0 Å². The van der Waals surface area contributed by atoms with E-state index in [0.717, 1.165) is 12.8 Å². The zero-order valence-corrected chi connectivity index (χ0v) is 12.2. The van der Waals surface area contributed by atoms with Gasteiger partial charge in [-0.2, -0.15) is 0 Å². The summed E-state index contributed by atoms with van der Waals surface area (Å²) in [5, 5.41) is 2.95. The van der Waals surface area contributed by atoms with E-state index in [4.69, 9.17) is 4.74 Å². The molecule has 5 heteroatoms. The summed E-state index contributed by atoms with van der Waals surface area (Å²) in [7, 11) is 1.63. The molecule has 5 nitrogen and oxygen atoms in total. The molecule has 1 saturated carbocycles. The Balaban J connectivity index is 2.29. The summed E-state index contributed by atoms with van der Waals surface area (Å²) in [4.78, 5) is 26.7. The third-order valence-electron chi connectivity index (χ3n) is 4.31. The Hall–Kier alpha value is -1.10. The van der Waals surface area contributed by atoms with Crippen LogP contribution in [-0.4, -0.2) is 48.1 Å². The number of methoxy groups -OCH3 is 1. The molecule has 1 aliphatic carbocycles. The van der Waals surface area contributed by atoms with Crippen molar-refractivity contribution in [3.63, 3.8) is 0 Å². The van der Waals surface area contributed by atoms with E-state index in [1.165, 1.54) is 0 Å². The summed E-state index contributed by atoms with van der Waals surface area (Å²) < 4.78 is 5.17. The molecule has 2 rings (SSSR count). The molecule has 108 valence electrons. The molecule has 1 N–H and O–H groups in total. The number of carbonyl (C=O) groups excluding carboxylic acids is 2. The van der Waals surface area contributed by atoms with Crippen LogP contribution in [0.1, 0.15) is 40.0 Å². The Labute approximate surface area is 114 Å². The van der Waals surface area contributed by atoms with E-state index in [0.29, 0.717) is 13.0 Å². The summed E-state index contributed by atoms with van der Waals surface area (Å²) >= 11 is 0. The molecule has 1 heterocycles. The van der Waals surface area contributed by atoms with Gasteiger partial charge in [0.2, 0.25) is 11.8 Å². The van der Waals surface area contributed by atoms with E-state index in [1.807, 2.05) is 25.7 Å². The number of amides is 2. The maximum atomic E-state index is 12.9. The number of ether oxygens (including phenoxy) is 1. The van der Waals surface area contributed by atoms with Crippen molar-refractivity contribution in [3.05, 3.63) is 0 Å². The van der Waals surface area contributed by atoms with E-state index < -0.39 is 5.54 Å². The average molecular weight is 268 g/mol. The highest BCUT2D eigenvalue weighted by Crippen LogP contribution is 2.42. The standard InChI is InChI=1S/C14H24N2O3/c1-9-7-12(17)15-14(3,11-5-6-11)13(18)16(9)10(2)8-19-4/h9-11H,5-8H2,1-4H3,(H,15,17). The van der Waals surface area contributed by atoms with E-state index in [1.54, 1.807) is 7.11 Å². The second-order valence-corrected chi connectivity index (χ2v) is 6.09. The Morgan fingerprint density at radius 2 is 2.11 bits per heavy atom. The maximum Gasteiger partial charge on any atom is 0.248 e. The topological polar surface area (TPSA) is 58.6 Å². The third-order valence-corrected chi connectivity index (χ3v) is 4.31. The highest BCUT2D eigenvalue weighted by atomic mass is 16.5. The zero-order chi connectivity index (χ0) is 14.2. The number of hydrogen-bond donors (Lipinski definition) is 1. The molecular weight excluding hydrogens is 244 g/mol. The molecule has 1 aliphatic heterocycles. The van der Waals surface area contributed by atoms with Crippen molar-refractivity contribution in [2.24, 2.45) is 5.92 Å². The van der Waals surface area contributed by atoms with Gasteiger partial charge in [-0.1, -0.05) is 0 Å². The lowest BCUT2D eigenvalue weighted by Crippen LogP contribution is -2.59. The number of nitrogens with one attached hydrogen (secondary N) is 1. The highest BCUT2D eigenvalue weighted by Gasteiger charge is 2.52. The van der Waals surface area contributed by atoms with Crippen LogP contribution in [0, 0.1) is 5.92 Å². The van der Waals surface area contributed by atoms with Crippen LogP contribution < -0.4 is 5.32 Å². The first-order valence-corrected chi connectivity index (χ1v) is 7.03. The van der Waals surface area contributed by atoms with Gasteiger partial charge in [0, 0.05) is 19.6 Å². The van der Waals surface area contributed by atoms with Crippen LogP contribution in [0.4, 0.5) is 0 Å². The van der Waals surface area contributed by atoms with Crippen LogP contribution in [0.3, 0.4) is 0 Å². The molecule has 1 saturated heterocycles. The van der Waals surface area contributed by atoms with Gasteiger partial charge in [-0.25, -0.2) is 0 Å². The van der Waals surface area contributed by atoms with Crippen molar-refractivity contribution in [1.29, 1.82) is 0 Å². The Morgan fingerprint density at radius 1 is 1.47 bits per heavy atom. The lowest BCUT2D eigenvalue weighted by atomic mass is 9.93. The van der Waals surface area contributed by atoms with Crippen molar-refractivity contribution >= 4 is 11.8 Å². The van der Waals surface area contributed by atoms with Gasteiger partial charge in [0.15, 0.2) is 0 Å². The first-order valence-electron chi connectivity index (χ1n) is 7.03. The summed E-state index contributed by atoms with van der Waals surface area (Å²) in [6.07, 6.45) is 2.40. The molecule has 2 fully saturated rings. The fourth-order valence-corrected chi connectivity index (χ4v) is 3.12. The molecule has 3 unspecified atom stereocenters. The second-order valence-electron chi connectivity index (χ2n) is 6.09. The monoisotopic (exact) mass is 268 g/mol. The van der Waals surface area contributed by atoms with Gasteiger partial charge in [0.05, 0.1) is 12.6 Å². The minimum atomic E-state index is -0.732. The summed E-state index contributed by atoms with van der Waals surface area (Å²) in [6, 6.07) is -0.100. The Morgan fingerprint density at radius 3 is 2.63 bits per heavy atom. The number of carbonyl (C=O) groups is 2. The molecule has 19 heavy (non-hydrogen) atoms. The van der Waals surface area contributed by atoms with Gasteiger partial charge in [0.25, 0.3) is 0 Å². The lowest BCUT2D eigenvalue weighted by Gasteiger charge is -2.38. The van der Waals surface area contributed by atoms with Gasteiger partial charge in [-0.15, -0.1) is 0 Å². The van der Waals surface area contributed by atoms with Crippen molar-refractivity contribution in [3.8, 4) is 0 Å². The van der Waals surface area contributed by atoms with Crippen LogP contribution in [0.5, 0.6) is 0 Å². The van der Waals surface area contributed by atoms with Crippen LogP contribution in [0.2, 0.25) is 0 Å².